The fourth-order valence-electron chi connectivity index (χ4n) is 3.22. The van der Waals surface area contributed by atoms with Gasteiger partial charge in [-0.1, -0.05) is 32.9 Å². The topological polar surface area (TPSA) is 63.6 Å². The van der Waals surface area contributed by atoms with Crippen LogP contribution in [0.3, 0.4) is 0 Å². The van der Waals surface area contributed by atoms with E-state index in [4.69, 9.17) is 0 Å². The Labute approximate surface area is 177 Å². The molecule has 1 aromatic carbocycles. The van der Waals surface area contributed by atoms with Crippen molar-refractivity contribution in [2.75, 3.05) is 5.32 Å². The number of nitrogens with one attached hydrogen (secondary N) is 1. The maximum absolute atomic E-state index is 13.4. The van der Waals surface area contributed by atoms with Gasteiger partial charge in [-0.3, -0.25) is 4.98 Å². The van der Waals surface area contributed by atoms with Gasteiger partial charge in [0.25, 0.3) is 0 Å². The first kappa shape index (κ1) is 20.7. The van der Waals surface area contributed by atoms with E-state index in [1.165, 1.54) is 23.9 Å². The summed E-state index contributed by atoms with van der Waals surface area (Å²) >= 11 is 0. The second-order valence-corrected chi connectivity index (χ2v) is 8.18. The van der Waals surface area contributed by atoms with Crippen LogP contribution in [0.1, 0.15) is 31.9 Å². The highest BCUT2D eigenvalue weighted by molar-refractivity contribution is 5.91. The minimum atomic E-state index is -4.53. The van der Waals surface area contributed by atoms with Crippen LogP contribution >= 0.6 is 0 Å². The summed E-state index contributed by atoms with van der Waals surface area (Å²) in [5.74, 6) is 0. The molecule has 31 heavy (non-hydrogen) atoms. The largest absolute Gasteiger partial charge is 0.418 e. The minimum Gasteiger partial charge on any atom is -0.354 e. The Morgan fingerprint density at radius 3 is 2.32 bits per heavy atom. The Kier molecular flexibility index (Phi) is 5.08. The van der Waals surface area contributed by atoms with E-state index in [1.54, 1.807) is 12.3 Å². The van der Waals surface area contributed by atoms with E-state index in [0.29, 0.717) is 11.1 Å². The minimum absolute atomic E-state index is 0.0461. The third-order valence-electron chi connectivity index (χ3n) is 4.89. The van der Waals surface area contributed by atoms with Gasteiger partial charge in [0.2, 0.25) is 0 Å². The molecular weight excluding hydrogens is 403 g/mol. The fraction of sp³-hybridized carbons (Fsp3) is 0.217. The number of nitrogens with zero attached hydrogens (tertiary/aromatic N) is 4. The highest BCUT2D eigenvalue weighted by atomic mass is 19.4. The van der Waals surface area contributed by atoms with E-state index in [2.05, 4.69) is 58.4 Å². The van der Waals surface area contributed by atoms with E-state index in [-0.39, 0.29) is 22.5 Å². The van der Waals surface area contributed by atoms with Crippen molar-refractivity contribution in [3.8, 4) is 11.4 Å². The van der Waals surface area contributed by atoms with E-state index >= 15 is 0 Å². The third-order valence-corrected chi connectivity index (χ3v) is 4.89. The summed E-state index contributed by atoms with van der Waals surface area (Å²) in [6.45, 7) is 6.43. The van der Waals surface area contributed by atoms with Gasteiger partial charge < -0.3 is 5.32 Å². The van der Waals surface area contributed by atoms with Crippen molar-refractivity contribution in [2.24, 2.45) is 0 Å². The van der Waals surface area contributed by atoms with Crippen LogP contribution in [0.15, 0.2) is 60.9 Å². The molecule has 0 bridgehead atoms. The average molecular weight is 423 g/mol. The Balaban J connectivity index is 1.70. The summed E-state index contributed by atoms with van der Waals surface area (Å²) in [6.07, 6.45) is -1.67. The number of aromatic nitrogens is 4. The molecule has 4 rings (SSSR count). The molecule has 0 saturated heterocycles. The van der Waals surface area contributed by atoms with Crippen molar-refractivity contribution in [1.29, 1.82) is 0 Å². The zero-order valence-corrected chi connectivity index (χ0v) is 17.2. The Hall–Kier alpha value is -3.55. The smallest absolute Gasteiger partial charge is 0.354 e. The third kappa shape index (κ3) is 4.33. The van der Waals surface area contributed by atoms with Crippen LogP contribution in [0.4, 0.5) is 24.5 Å². The first-order valence-corrected chi connectivity index (χ1v) is 9.65. The number of pyridine rings is 2. The summed E-state index contributed by atoms with van der Waals surface area (Å²) in [5.41, 5.74) is 2.00. The Bertz CT molecular complexity index is 1230. The average Bonchev–Trinajstić information content (AvgIpc) is 2.73. The van der Waals surface area contributed by atoms with Gasteiger partial charge in [0, 0.05) is 17.3 Å². The standard InChI is InChI=1S/C23H20F3N5/c1-22(2,3)14-6-8-15(9-7-14)29-19-13-28-31-21-16(19)10-11-18(30-21)20-17(23(24,25)26)5-4-12-27-20/h4-13H,1-3H3,(H,29,30,31). The van der Waals surface area contributed by atoms with Gasteiger partial charge in [0.1, 0.15) is 5.69 Å². The molecule has 0 aliphatic rings. The molecule has 0 spiro atoms. The molecule has 4 aromatic rings. The zero-order chi connectivity index (χ0) is 22.2. The van der Waals surface area contributed by atoms with Gasteiger partial charge in [-0.2, -0.15) is 18.3 Å². The van der Waals surface area contributed by atoms with Crippen molar-refractivity contribution in [1.82, 2.24) is 20.2 Å². The number of hydrogen-bond donors (Lipinski definition) is 1. The molecule has 0 atom stereocenters. The SMILES string of the molecule is CC(C)(C)c1ccc(Nc2cnnc3nc(-c4ncccc4C(F)(F)F)ccc23)cc1. The lowest BCUT2D eigenvalue weighted by atomic mass is 9.87. The molecule has 0 aliphatic heterocycles. The van der Waals surface area contributed by atoms with Gasteiger partial charge in [-0.25, -0.2) is 4.98 Å². The Morgan fingerprint density at radius 1 is 0.903 bits per heavy atom. The van der Waals surface area contributed by atoms with Crippen molar-refractivity contribution in [3.63, 3.8) is 0 Å². The number of alkyl halides is 3. The fourth-order valence-corrected chi connectivity index (χ4v) is 3.22. The van der Waals surface area contributed by atoms with E-state index < -0.39 is 11.7 Å². The monoisotopic (exact) mass is 423 g/mol. The molecule has 0 unspecified atom stereocenters. The van der Waals surface area contributed by atoms with Crippen molar-refractivity contribution >= 4 is 22.4 Å². The molecule has 3 aromatic heterocycles. The van der Waals surface area contributed by atoms with Crippen LogP contribution < -0.4 is 5.32 Å². The van der Waals surface area contributed by atoms with Crippen LogP contribution in [-0.2, 0) is 11.6 Å². The lowest BCUT2D eigenvalue weighted by Crippen LogP contribution is -2.10. The molecule has 5 nitrogen and oxygen atoms in total. The summed E-state index contributed by atoms with van der Waals surface area (Å²) in [7, 11) is 0. The normalized spacial score (nSPS) is 12.2. The zero-order valence-electron chi connectivity index (χ0n) is 17.2. The number of anilines is 2. The Morgan fingerprint density at radius 2 is 1.65 bits per heavy atom. The van der Waals surface area contributed by atoms with Crippen LogP contribution in [0.2, 0.25) is 0 Å². The molecule has 8 heteroatoms. The second kappa shape index (κ2) is 7.61. The van der Waals surface area contributed by atoms with Crippen LogP contribution in [0.5, 0.6) is 0 Å². The van der Waals surface area contributed by atoms with Gasteiger partial charge in [0.05, 0.1) is 23.1 Å². The molecule has 0 amide bonds. The van der Waals surface area contributed by atoms with E-state index in [0.717, 1.165) is 11.8 Å². The second-order valence-electron chi connectivity index (χ2n) is 8.18. The molecule has 0 saturated carbocycles. The van der Waals surface area contributed by atoms with Crippen molar-refractivity contribution in [2.45, 2.75) is 32.4 Å². The maximum Gasteiger partial charge on any atom is 0.418 e. The van der Waals surface area contributed by atoms with E-state index in [1.807, 2.05) is 12.1 Å². The molecule has 0 aliphatic carbocycles. The molecule has 1 N–H and O–H groups in total. The number of hydrogen-bond acceptors (Lipinski definition) is 5. The predicted molar refractivity (Wildman–Crippen MR) is 114 cm³/mol. The lowest BCUT2D eigenvalue weighted by molar-refractivity contribution is -0.137. The van der Waals surface area contributed by atoms with Gasteiger partial charge >= 0.3 is 6.18 Å². The maximum atomic E-state index is 13.4. The molecule has 0 radical (unpaired) electrons. The van der Waals surface area contributed by atoms with Crippen molar-refractivity contribution in [3.05, 3.63) is 72.1 Å². The van der Waals surface area contributed by atoms with Crippen molar-refractivity contribution < 1.29 is 13.2 Å². The number of benzene rings is 1. The number of fused-ring (bicyclic) bond motifs is 1. The lowest BCUT2D eigenvalue weighted by Gasteiger charge is -2.19. The first-order chi connectivity index (χ1) is 14.6. The molecule has 158 valence electrons. The van der Waals surface area contributed by atoms with Gasteiger partial charge in [0.15, 0.2) is 5.65 Å². The molecule has 0 fully saturated rings. The summed E-state index contributed by atoms with van der Waals surface area (Å²) in [6, 6.07) is 13.5. The molecular formula is C23H20F3N5. The summed E-state index contributed by atoms with van der Waals surface area (Å²) in [5, 5.41) is 11.9. The highest BCUT2D eigenvalue weighted by Crippen LogP contribution is 2.36. The molecule has 3 heterocycles. The summed E-state index contributed by atoms with van der Waals surface area (Å²) in [4.78, 5) is 8.19. The van der Waals surface area contributed by atoms with Crippen LogP contribution in [0, 0.1) is 0 Å². The van der Waals surface area contributed by atoms with Crippen LogP contribution in [-0.4, -0.2) is 20.2 Å². The number of rotatable bonds is 3. The van der Waals surface area contributed by atoms with Gasteiger partial charge in [-0.15, -0.1) is 5.10 Å². The van der Waals surface area contributed by atoms with Crippen LogP contribution in [0.25, 0.3) is 22.4 Å². The van der Waals surface area contributed by atoms with E-state index in [9.17, 15) is 13.2 Å². The first-order valence-electron chi connectivity index (χ1n) is 9.65. The quantitative estimate of drug-likeness (QED) is 0.428. The summed E-state index contributed by atoms with van der Waals surface area (Å²) < 4.78 is 40.1. The predicted octanol–water partition coefficient (Wildman–Crippen LogP) is 6.15. The number of halogens is 3. The highest BCUT2D eigenvalue weighted by Gasteiger charge is 2.34. The van der Waals surface area contributed by atoms with Gasteiger partial charge in [-0.05, 0) is 47.4 Å².